The molecule has 1 N–H and O–H groups in total. The van der Waals surface area contributed by atoms with Crippen LogP contribution < -0.4 is 10.1 Å². The molecule has 1 aromatic carbocycles. The van der Waals surface area contributed by atoms with E-state index in [0.717, 1.165) is 18.2 Å². The summed E-state index contributed by atoms with van der Waals surface area (Å²) in [5.41, 5.74) is 1.17. The Labute approximate surface area is 143 Å². The van der Waals surface area contributed by atoms with Gasteiger partial charge in [-0.3, -0.25) is 9.78 Å². The van der Waals surface area contributed by atoms with Gasteiger partial charge in [0, 0.05) is 11.6 Å². The molecule has 2 rings (SSSR count). The van der Waals surface area contributed by atoms with E-state index in [0.29, 0.717) is 23.6 Å². The number of unbranched alkanes of at least 4 members (excludes halogenated alkanes) is 1. The topological polar surface area (TPSA) is 51.2 Å². The first-order chi connectivity index (χ1) is 10.4. The van der Waals surface area contributed by atoms with Crippen LogP contribution in [0.5, 0.6) is 5.75 Å². The zero-order valence-electron chi connectivity index (χ0n) is 11.9. The van der Waals surface area contributed by atoms with Crippen LogP contribution in [0.25, 0.3) is 10.9 Å². The first kappa shape index (κ1) is 17.1. The highest BCUT2D eigenvalue weighted by Crippen LogP contribution is 2.33. The van der Waals surface area contributed by atoms with Crippen molar-refractivity contribution in [3.05, 3.63) is 30.5 Å². The number of hydrogen-bond acceptors (Lipinski definition) is 3. The molecule has 0 spiro atoms. The molecule has 7 heteroatoms. The lowest BCUT2D eigenvalue weighted by molar-refractivity contribution is -0.115. The summed E-state index contributed by atoms with van der Waals surface area (Å²) >= 11 is 16.7. The zero-order chi connectivity index (χ0) is 16.2. The summed E-state index contributed by atoms with van der Waals surface area (Å²) in [6.45, 7) is 2.71. The van der Waals surface area contributed by atoms with Crippen LogP contribution >= 0.6 is 34.8 Å². The van der Waals surface area contributed by atoms with Crippen LogP contribution in [0.2, 0.25) is 0 Å². The molecule has 0 saturated heterocycles. The third-order valence-electron chi connectivity index (χ3n) is 2.99. The normalized spacial score (nSPS) is 11.5. The molecule has 0 aliphatic rings. The molecule has 1 heterocycles. The maximum atomic E-state index is 11.8. The Morgan fingerprint density at radius 2 is 2.09 bits per heavy atom. The lowest BCUT2D eigenvalue weighted by Crippen LogP contribution is -2.27. The number of carbonyl (C=O) groups excluding carboxylic acids is 1. The van der Waals surface area contributed by atoms with Crippen molar-refractivity contribution >= 4 is 57.3 Å². The monoisotopic (exact) mass is 360 g/mol. The Morgan fingerprint density at radius 1 is 1.32 bits per heavy atom. The number of fused-ring (bicyclic) bond motifs is 1. The summed E-state index contributed by atoms with van der Waals surface area (Å²) < 4.78 is 3.71. The maximum Gasteiger partial charge on any atom is 0.276 e. The van der Waals surface area contributed by atoms with Crippen LogP contribution in [0.4, 0.5) is 5.69 Å². The molecule has 1 amide bonds. The molecule has 1 aromatic heterocycles. The predicted octanol–water partition coefficient (Wildman–Crippen LogP) is 4.72. The first-order valence-corrected chi connectivity index (χ1v) is 7.95. The van der Waals surface area contributed by atoms with Crippen molar-refractivity contribution in [2.24, 2.45) is 0 Å². The summed E-state index contributed by atoms with van der Waals surface area (Å²) in [7, 11) is 0. The highest BCUT2D eigenvalue weighted by atomic mass is 35.6. The van der Waals surface area contributed by atoms with E-state index >= 15 is 0 Å². The second-order valence-corrected chi connectivity index (χ2v) is 6.95. The smallest absolute Gasteiger partial charge is 0.276 e. The van der Waals surface area contributed by atoms with E-state index in [9.17, 15) is 4.79 Å². The van der Waals surface area contributed by atoms with Gasteiger partial charge in [0.25, 0.3) is 9.70 Å². The molecular weight excluding hydrogens is 347 g/mol. The third-order valence-corrected chi connectivity index (χ3v) is 3.51. The summed E-state index contributed by atoms with van der Waals surface area (Å²) in [6.07, 6.45) is 3.67. The van der Waals surface area contributed by atoms with Crippen LogP contribution in [0.15, 0.2) is 30.5 Å². The van der Waals surface area contributed by atoms with Crippen LogP contribution in [-0.2, 0) is 4.79 Å². The fraction of sp³-hybridized carbons (Fsp3) is 0.333. The van der Waals surface area contributed by atoms with Gasteiger partial charge in [-0.2, -0.15) is 0 Å². The van der Waals surface area contributed by atoms with Crippen molar-refractivity contribution in [3.63, 3.8) is 0 Å². The van der Waals surface area contributed by atoms with E-state index in [1.165, 1.54) is 0 Å². The van der Waals surface area contributed by atoms with Gasteiger partial charge in [0.05, 0.1) is 12.3 Å². The standard InChI is InChI=1S/C15H15Cl3N2O2/c1-2-3-9-22-12-7-6-11(20-14(21)15(16,17)18)10-5-4-8-19-13(10)12/h4-8H,2-3,9H2,1H3,(H,20,21). The quantitative estimate of drug-likeness (QED) is 0.619. The molecule has 0 saturated carbocycles. The molecule has 0 fully saturated rings. The summed E-state index contributed by atoms with van der Waals surface area (Å²) in [6, 6.07) is 7.05. The summed E-state index contributed by atoms with van der Waals surface area (Å²) in [4.78, 5) is 16.1. The van der Waals surface area contributed by atoms with Crippen molar-refractivity contribution in [2.45, 2.75) is 23.6 Å². The molecule has 0 aliphatic carbocycles. The lowest BCUT2D eigenvalue weighted by atomic mass is 10.1. The van der Waals surface area contributed by atoms with Gasteiger partial charge in [-0.05, 0) is 30.7 Å². The summed E-state index contributed by atoms with van der Waals surface area (Å²) in [5.74, 6) is -0.0572. The Balaban J connectivity index is 2.34. The molecule has 0 unspecified atom stereocenters. The largest absolute Gasteiger partial charge is 0.491 e. The zero-order valence-corrected chi connectivity index (χ0v) is 14.2. The second kappa shape index (κ2) is 7.36. The van der Waals surface area contributed by atoms with Crippen LogP contribution in [-0.4, -0.2) is 21.3 Å². The number of anilines is 1. The number of nitrogens with one attached hydrogen (secondary N) is 1. The predicted molar refractivity (Wildman–Crippen MR) is 91.1 cm³/mol. The van der Waals surface area contributed by atoms with Crippen molar-refractivity contribution in [3.8, 4) is 5.75 Å². The average molecular weight is 362 g/mol. The molecular formula is C15H15Cl3N2O2. The number of halogens is 3. The van der Waals surface area contributed by atoms with Gasteiger partial charge in [-0.25, -0.2) is 0 Å². The maximum absolute atomic E-state index is 11.8. The fourth-order valence-corrected chi connectivity index (χ4v) is 2.03. The van der Waals surface area contributed by atoms with Crippen LogP contribution in [0, 0.1) is 0 Å². The number of aromatic nitrogens is 1. The number of pyridine rings is 1. The second-order valence-electron chi connectivity index (χ2n) is 4.66. The molecule has 118 valence electrons. The van der Waals surface area contributed by atoms with Crippen molar-refractivity contribution in [2.75, 3.05) is 11.9 Å². The number of benzene rings is 1. The number of carbonyl (C=O) groups is 1. The molecule has 2 aromatic rings. The van der Waals surface area contributed by atoms with Gasteiger partial charge >= 0.3 is 0 Å². The Kier molecular flexibility index (Phi) is 5.73. The van der Waals surface area contributed by atoms with Crippen molar-refractivity contribution < 1.29 is 9.53 Å². The molecule has 22 heavy (non-hydrogen) atoms. The first-order valence-electron chi connectivity index (χ1n) is 6.82. The van der Waals surface area contributed by atoms with Crippen LogP contribution in [0.3, 0.4) is 0 Å². The fourth-order valence-electron chi connectivity index (χ4n) is 1.89. The highest BCUT2D eigenvalue weighted by molar-refractivity contribution is 6.76. The van der Waals surface area contributed by atoms with Crippen molar-refractivity contribution in [1.82, 2.24) is 4.98 Å². The third kappa shape index (κ3) is 4.15. The number of alkyl halides is 3. The van der Waals surface area contributed by atoms with E-state index < -0.39 is 9.70 Å². The molecule has 0 bridgehead atoms. The average Bonchev–Trinajstić information content (AvgIpc) is 2.48. The molecule has 0 atom stereocenters. The number of rotatable bonds is 5. The number of hydrogen-bond donors (Lipinski definition) is 1. The SMILES string of the molecule is CCCCOc1ccc(NC(=O)C(Cl)(Cl)Cl)c2cccnc12. The van der Waals surface area contributed by atoms with E-state index in [2.05, 4.69) is 17.2 Å². The van der Waals surface area contributed by atoms with Crippen LogP contribution in [0.1, 0.15) is 19.8 Å². The Bertz CT molecular complexity index is 671. The van der Waals surface area contributed by atoms with Gasteiger partial charge in [0.1, 0.15) is 11.3 Å². The van der Waals surface area contributed by atoms with E-state index in [4.69, 9.17) is 39.5 Å². The molecule has 0 aliphatic heterocycles. The highest BCUT2D eigenvalue weighted by Gasteiger charge is 2.31. The van der Waals surface area contributed by atoms with Gasteiger partial charge in [-0.15, -0.1) is 0 Å². The van der Waals surface area contributed by atoms with E-state index in [1.807, 2.05) is 6.07 Å². The summed E-state index contributed by atoms with van der Waals surface area (Å²) in [5, 5.41) is 3.31. The van der Waals surface area contributed by atoms with Gasteiger partial charge in [0.15, 0.2) is 0 Å². The minimum absolute atomic E-state index is 0.516. The number of nitrogens with zero attached hydrogens (tertiary/aromatic N) is 1. The number of ether oxygens (including phenoxy) is 1. The van der Waals surface area contributed by atoms with E-state index in [-0.39, 0.29) is 0 Å². The molecule has 0 radical (unpaired) electrons. The Hall–Kier alpha value is -1.23. The minimum atomic E-state index is -2.02. The van der Waals surface area contributed by atoms with Crippen molar-refractivity contribution in [1.29, 1.82) is 0 Å². The Morgan fingerprint density at radius 3 is 2.77 bits per heavy atom. The molecule has 4 nitrogen and oxygen atoms in total. The minimum Gasteiger partial charge on any atom is -0.491 e. The lowest BCUT2D eigenvalue weighted by Gasteiger charge is -2.15. The van der Waals surface area contributed by atoms with E-state index in [1.54, 1.807) is 24.4 Å². The number of amides is 1. The van der Waals surface area contributed by atoms with Gasteiger partial charge < -0.3 is 10.1 Å². The van der Waals surface area contributed by atoms with Gasteiger partial charge in [0.2, 0.25) is 0 Å². The van der Waals surface area contributed by atoms with Gasteiger partial charge in [-0.1, -0.05) is 48.1 Å².